The predicted octanol–water partition coefficient (Wildman–Crippen LogP) is 4.82. The summed E-state index contributed by atoms with van der Waals surface area (Å²) in [5.74, 6) is -2.49. The topological polar surface area (TPSA) is 92.8 Å². The van der Waals surface area contributed by atoms with Crippen LogP contribution < -0.4 is 10.2 Å². The van der Waals surface area contributed by atoms with Crippen molar-refractivity contribution in [3.63, 3.8) is 0 Å². The number of carbonyl (C=O) groups excluding carboxylic acids is 4. The second kappa shape index (κ2) is 9.05. The molecule has 35 heavy (non-hydrogen) atoms. The molecule has 0 fully saturated rings. The summed E-state index contributed by atoms with van der Waals surface area (Å²) in [6.07, 6.45) is -4.60. The minimum absolute atomic E-state index is 0.0360. The first-order chi connectivity index (χ1) is 16.6. The van der Waals surface area contributed by atoms with Crippen LogP contribution in [-0.4, -0.2) is 23.7 Å². The number of carbonyl (C=O) groups is 4. The zero-order valence-electron chi connectivity index (χ0n) is 18.2. The fraction of sp³-hybridized carbons (Fsp3) is 0.120. The third kappa shape index (κ3) is 4.77. The lowest BCUT2D eigenvalue weighted by molar-refractivity contribution is -0.138. The largest absolute Gasteiger partial charge is 0.457 e. The minimum atomic E-state index is -4.60. The van der Waals surface area contributed by atoms with Crippen LogP contribution >= 0.6 is 0 Å². The van der Waals surface area contributed by atoms with E-state index in [9.17, 15) is 32.3 Å². The van der Waals surface area contributed by atoms with Gasteiger partial charge in [-0.05, 0) is 48.5 Å². The summed E-state index contributed by atoms with van der Waals surface area (Å²) in [6.45, 7) is 0.723. The number of nitrogens with one attached hydrogen (secondary N) is 1. The zero-order chi connectivity index (χ0) is 25.3. The highest BCUT2D eigenvalue weighted by atomic mass is 19.4. The molecule has 178 valence electrons. The van der Waals surface area contributed by atoms with Gasteiger partial charge in [0.1, 0.15) is 6.61 Å². The van der Waals surface area contributed by atoms with Crippen LogP contribution in [0.25, 0.3) is 0 Å². The Kier molecular flexibility index (Phi) is 6.12. The molecule has 1 N–H and O–H groups in total. The molecule has 0 aromatic heterocycles. The first-order valence-corrected chi connectivity index (χ1v) is 10.3. The molecule has 1 heterocycles. The van der Waals surface area contributed by atoms with E-state index in [0.29, 0.717) is 5.69 Å². The van der Waals surface area contributed by atoms with Crippen LogP contribution in [0.5, 0.6) is 0 Å². The number of benzene rings is 3. The Morgan fingerprint density at radius 2 is 1.57 bits per heavy atom. The number of nitrogens with zero attached hydrogens (tertiary/aromatic N) is 1. The molecule has 1 aliphatic heterocycles. The average molecular weight is 482 g/mol. The number of hydrogen-bond acceptors (Lipinski definition) is 5. The zero-order valence-corrected chi connectivity index (χ0v) is 18.2. The van der Waals surface area contributed by atoms with Crippen LogP contribution in [0, 0.1) is 0 Å². The molecule has 0 unspecified atom stereocenters. The third-order valence-electron chi connectivity index (χ3n) is 5.25. The molecule has 4 rings (SSSR count). The van der Waals surface area contributed by atoms with E-state index in [2.05, 4.69) is 5.32 Å². The van der Waals surface area contributed by atoms with Gasteiger partial charge in [-0.3, -0.25) is 14.4 Å². The lowest BCUT2D eigenvalue weighted by atomic mass is 10.1. The molecule has 3 aromatic rings. The van der Waals surface area contributed by atoms with Crippen LogP contribution in [-0.2, 0) is 22.3 Å². The van der Waals surface area contributed by atoms with E-state index in [-0.39, 0.29) is 33.8 Å². The molecule has 1 aliphatic rings. The number of halogens is 3. The summed E-state index contributed by atoms with van der Waals surface area (Å²) in [6, 6.07) is 14.5. The van der Waals surface area contributed by atoms with Gasteiger partial charge in [-0.15, -0.1) is 0 Å². The van der Waals surface area contributed by atoms with Crippen LogP contribution in [0.3, 0.4) is 0 Å². The highest BCUT2D eigenvalue weighted by molar-refractivity contribution is 6.34. The van der Waals surface area contributed by atoms with Gasteiger partial charge in [0.2, 0.25) is 5.91 Å². The molecule has 0 bridgehead atoms. The Morgan fingerprint density at radius 1 is 0.914 bits per heavy atom. The van der Waals surface area contributed by atoms with E-state index in [1.54, 1.807) is 0 Å². The van der Waals surface area contributed by atoms with E-state index in [0.717, 1.165) is 11.0 Å². The normalized spacial score (nSPS) is 13.0. The van der Waals surface area contributed by atoms with Crippen LogP contribution in [0.2, 0.25) is 0 Å². The van der Waals surface area contributed by atoms with E-state index in [1.807, 2.05) is 0 Å². The Balaban J connectivity index is 1.52. The molecule has 7 nitrogen and oxygen atoms in total. The first kappa shape index (κ1) is 23.7. The van der Waals surface area contributed by atoms with Crippen molar-refractivity contribution in [2.24, 2.45) is 0 Å². The van der Waals surface area contributed by atoms with Crippen molar-refractivity contribution in [2.45, 2.75) is 19.7 Å². The van der Waals surface area contributed by atoms with Crippen molar-refractivity contribution >= 4 is 35.1 Å². The highest BCUT2D eigenvalue weighted by Crippen LogP contribution is 2.33. The lowest BCUT2D eigenvalue weighted by Gasteiger charge is -2.14. The molecular formula is C25H17F3N2O5. The lowest BCUT2D eigenvalue weighted by Crippen LogP contribution is -2.29. The number of ether oxygens (including phenoxy) is 1. The minimum Gasteiger partial charge on any atom is -0.457 e. The van der Waals surface area contributed by atoms with Gasteiger partial charge < -0.3 is 10.1 Å². The number of amides is 3. The van der Waals surface area contributed by atoms with Crippen molar-refractivity contribution in [3.8, 4) is 0 Å². The highest BCUT2D eigenvalue weighted by Gasteiger charge is 2.37. The van der Waals surface area contributed by atoms with Crippen molar-refractivity contribution in [1.29, 1.82) is 0 Å². The standard InChI is InChI=1S/C25H17F3N2O5/c1-14(31)29-17-7-9-18(10-8-17)30-22(32)19-11-6-15(12-20(19)23(30)33)24(34)35-13-16-4-2-3-5-21(16)25(26,27)28/h2-12H,13H2,1H3,(H,29,31). The van der Waals surface area contributed by atoms with Crippen molar-refractivity contribution in [1.82, 2.24) is 0 Å². The number of fused-ring (bicyclic) bond motifs is 1. The quantitative estimate of drug-likeness (QED) is 0.416. The van der Waals surface area contributed by atoms with Crippen molar-refractivity contribution < 1.29 is 37.1 Å². The molecule has 0 radical (unpaired) electrons. The maximum atomic E-state index is 13.1. The Bertz CT molecular complexity index is 1350. The summed E-state index contributed by atoms with van der Waals surface area (Å²) >= 11 is 0. The van der Waals surface area contributed by atoms with E-state index < -0.39 is 36.1 Å². The summed E-state index contributed by atoms with van der Waals surface area (Å²) in [4.78, 5) is 50.3. The SMILES string of the molecule is CC(=O)Nc1ccc(N2C(=O)c3ccc(C(=O)OCc4ccccc4C(F)(F)F)cc3C2=O)cc1. The van der Waals surface area contributed by atoms with Crippen molar-refractivity contribution in [2.75, 3.05) is 10.2 Å². The molecule has 3 aromatic carbocycles. The van der Waals surface area contributed by atoms with E-state index in [1.165, 1.54) is 67.6 Å². The van der Waals surface area contributed by atoms with Crippen molar-refractivity contribution in [3.05, 3.63) is 94.5 Å². The second-order valence-corrected chi connectivity index (χ2v) is 7.67. The summed E-state index contributed by atoms with van der Waals surface area (Å²) in [5, 5.41) is 2.58. The number of rotatable bonds is 5. The van der Waals surface area contributed by atoms with Gasteiger partial charge in [0.05, 0.1) is 27.9 Å². The second-order valence-electron chi connectivity index (χ2n) is 7.67. The third-order valence-corrected chi connectivity index (χ3v) is 5.25. The number of anilines is 2. The smallest absolute Gasteiger partial charge is 0.416 e. The molecule has 10 heteroatoms. The van der Waals surface area contributed by atoms with Crippen LogP contribution in [0.15, 0.2) is 66.7 Å². The Morgan fingerprint density at radius 3 is 2.23 bits per heavy atom. The molecule has 0 spiro atoms. The molecular weight excluding hydrogens is 465 g/mol. The van der Waals surface area contributed by atoms with Gasteiger partial charge in [-0.25, -0.2) is 9.69 Å². The van der Waals surface area contributed by atoms with E-state index >= 15 is 0 Å². The molecule has 0 aliphatic carbocycles. The predicted molar refractivity (Wildman–Crippen MR) is 119 cm³/mol. The van der Waals surface area contributed by atoms with Gasteiger partial charge >= 0.3 is 12.1 Å². The van der Waals surface area contributed by atoms with Crippen LogP contribution in [0.4, 0.5) is 24.5 Å². The maximum Gasteiger partial charge on any atom is 0.416 e. The van der Waals surface area contributed by atoms with Crippen LogP contribution in [0.1, 0.15) is 49.1 Å². The molecule has 0 saturated carbocycles. The molecule has 0 saturated heterocycles. The van der Waals surface area contributed by atoms with Gasteiger partial charge in [0.15, 0.2) is 0 Å². The van der Waals surface area contributed by atoms with Gasteiger partial charge in [0, 0.05) is 18.2 Å². The van der Waals surface area contributed by atoms with Gasteiger partial charge in [-0.2, -0.15) is 13.2 Å². The summed E-state index contributed by atoms with van der Waals surface area (Å²) in [7, 11) is 0. The Hall–Kier alpha value is -4.47. The number of alkyl halides is 3. The average Bonchev–Trinajstić information content (AvgIpc) is 3.06. The first-order valence-electron chi connectivity index (χ1n) is 10.3. The maximum absolute atomic E-state index is 13.1. The van der Waals surface area contributed by atoms with Gasteiger partial charge in [0.25, 0.3) is 11.8 Å². The number of esters is 1. The van der Waals surface area contributed by atoms with E-state index in [4.69, 9.17) is 4.74 Å². The summed E-state index contributed by atoms with van der Waals surface area (Å²) in [5.41, 5.74) is -0.436. The number of imide groups is 1. The monoisotopic (exact) mass is 482 g/mol. The number of hydrogen-bond donors (Lipinski definition) is 1. The fourth-order valence-electron chi connectivity index (χ4n) is 3.65. The fourth-order valence-corrected chi connectivity index (χ4v) is 3.65. The molecule has 3 amide bonds. The van der Waals surface area contributed by atoms with Gasteiger partial charge in [-0.1, -0.05) is 18.2 Å². The Labute approximate surface area is 197 Å². The molecule has 0 atom stereocenters. The summed E-state index contributed by atoms with van der Waals surface area (Å²) < 4.78 is 44.5.